The summed E-state index contributed by atoms with van der Waals surface area (Å²) in [5.41, 5.74) is 1.22. The van der Waals surface area contributed by atoms with Gasteiger partial charge in [-0.05, 0) is 43.2 Å². The van der Waals surface area contributed by atoms with E-state index in [2.05, 4.69) is 21.2 Å². The highest BCUT2D eigenvalue weighted by Crippen LogP contribution is 2.19. The minimum Gasteiger partial charge on any atom is -0.354 e. The predicted molar refractivity (Wildman–Crippen MR) is 126 cm³/mol. The lowest BCUT2D eigenvalue weighted by molar-refractivity contribution is -0.139. The summed E-state index contributed by atoms with van der Waals surface area (Å²) >= 11 is 3.38. The zero-order chi connectivity index (χ0) is 23.0. The van der Waals surface area contributed by atoms with Crippen LogP contribution in [0.2, 0.25) is 0 Å². The van der Waals surface area contributed by atoms with E-state index in [9.17, 15) is 18.0 Å². The van der Waals surface area contributed by atoms with Gasteiger partial charge in [0.25, 0.3) is 0 Å². The number of para-hydroxylation sites is 1. The number of carbonyl (C=O) groups excluding carboxylic acids is 2. The minimum absolute atomic E-state index is 0.180. The van der Waals surface area contributed by atoms with Crippen LogP contribution in [-0.4, -0.2) is 50.5 Å². The number of anilines is 1. The number of hydrogen-bond acceptors (Lipinski definition) is 4. The van der Waals surface area contributed by atoms with Gasteiger partial charge in [0.1, 0.15) is 12.6 Å². The van der Waals surface area contributed by atoms with Crippen LogP contribution in [0.25, 0.3) is 0 Å². The fraction of sp³-hybridized carbons (Fsp3) is 0.364. The molecule has 2 amide bonds. The Balaban J connectivity index is 2.32. The second kappa shape index (κ2) is 11.3. The summed E-state index contributed by atoms with van der Waals surface area (Å²) in [7, 11) is -3.71. The SMILES string of the molecule is CCCNC(=O)C(C)N(Cc1ccc(Br)cc1)C(=O)CN(c1ccccc1)S(C)(=O)=O. The van der Waals surface area contributed by atoms with Gasteiger partial charge in [-0.15, -0.1) is 0 Å². The van der Waals surface area contributed by atoms with Crippen molar-refractivity contribution in [1.29, 1.82) is 0 Å². The molecule has 1 N–H and O–H groups in total. The van der Waals surface area contributed by atoms with E-state index in [-0.39, 0.29) is 12.5 Å². The fourth-order valence-corrected chi connectivity index (χ4v) is 4.09. The number of nitrogens with zero attached hydrogens (tertiary/aromatic N) is 2. The summed E-state index contributed by atoms with van der Waals surface area (Å²) < 4.78 is 26.8. The molecule has 9 heteroatoms. The topological polar surface area (TPSA) is 86.8 Å². The molecule has 168 valence electrons. The number of halogens is 1. The van der Waals surface area contributed by atoms with E-state index >= 15 is 0 Å². The second-order valence-corrected chi connectivity index (χ2v) is 10.0. The van der Waals surface area contributed by atoms with Gasteiger partial charge in [0.2, 0.25) is 21.8 Å². The summed E-state index contributed by atoms with van der Waals surface area (Å²) in [5, 5.41) is 2.81. The van der Waals surface area contributed by atoms with Crippen molar-refractivity contribution in [2.75, 3.05) is 23.7 Å². The molecule has 1 atom stereocenters. The summed E-state index contributed by atoms with van der Waals surface area (Å²) in [5.74, 6) is -0.741. The standard InChI is InChI=1S/C22H28BrN3O4S/c1-4-14-24-22(28)17(2)25(15-18-10-12-19(23)13-11-18)21(27)16-26(31(3,29)30)20-8-6-5-7-9-20/h5-13,17H,4,14-16H2,1-3H3,(H,24,28). The van der Waals surface area contributed by atoms with Gasteiger partial charge in [0.15, 0.2) is 0 Å². The number of sulfonamides is 1. The van der Waals surface area contributed by atoms with E-state index in [1.807, 2.05) is 31.2 Å². The molecule has 2 aromatic rings. The molecular formula is C22H28BrN3O4S. The minimum atomic E-state index is -3.71. The smallest absolute Gasteiger partial charge is 0.244 e. The molecule has 0 aromatic heterocycles. The van der Waals surface area contributed by atoms with Crippen LogP contribution in [0.1, 0.15) is 25.8 Å². The maximum absolute atomic E-state index is 13.3. The first-order valence-electron chi connectivity index (χ1n) is 9.98. The molecule has 1 unspecified atom stereocenters. The lowest BCUT2D eigenvalue weighted by Crippen LogP contribution is -2.51. The van der Waals surface area contributed by atoms with E-state index in [0.717, 1.165) is 27.0 Å². The number of rotatable bonds is 10. The number of hydrogen-bond donors (Lipinski definition) is 1. The van der Waals surface area contributed by atoms with Crippen LogP contribution < -0.4 is 9.62 Å². The van der Waals surface area contributed by atoms with Crippen LogP contribution in [-0.2, 0) is 26.2 Å². The third kappa shape index (κ3) is 7.36. The van der Waals surface area contributed by atoms with Gasteiger partial charge >= 0.3 is 0 Å². The highest BCUT2D eigenvalue weighted by atomic mass is 79.9. The third-order valence-corrected chi connectivity index (χ3v) is 6.38. The van der Waals surface area contributed by atoms with Crippen LogP contribution >= 0.6 is 15.9 Å². The molecule has 0 fully saturated rings. The molecule has 0 heterocycles. The first kappa shape index (κ1) is 24.9. The van der Waals surface area contributed by atoms with E-state index in [1.54, 1.807) is 37.3 Å². The number of benzene rings is 2. The normalized spacial score (nSPS) is 12.1. The van der Waals surface area contributed by atoms with E-state index in [4.69, 9.17) is 0 Å². The van der Waals surface area contributed by atoms with Gasteiger partial charge in [0.05, 0.1) is 11.9 Å². The van der Waals surface area contributed by atoms with Crippen molar-refractivity contribution in [3.63, 3.8) is 0 Å². The lowest BCUT2D eigenvalue weighted by Gasteiger charge is -2.31. The van der Waals surface area contributed by atoms with Gasteiger partial charge in [-0.2, -0.15) is 0 Å². The first-order chi connectivity index (χ1) is 14.6. The quantitative estimate of drug-likeness (QED) is 0.532. The third-order valence-electron chi connectivity index (χ3n) is 4.71. The van der Waals surface area contributed by atoms with Crippen molar-refractivity contribution in [2.24, 2.45) is 0 Å². The maximum atomic E-state index is 13.3. The van der Waals surface area contributed by atoms with Gasteiger partial charge < -0.3 is 10.2 Å². The monoisotopic (exact) mass is 509 g/mol. The first-order valence-corrected chi connectivity index (χ1v) is 12.6. The van der Waals surface area contributed by atoms with Gasteiger partial charge in [-0.25, -0.2) is 8.42 Å². The fourth-order valence-electron chi connectivity index (χ4n) is 2.97. The molecule has 0 aliphatic rings. The summed E-state index contributed by atoms with van der Waals surface area (Å²) in [6.07, 6.45) is 1.83. The van der Waals surface area contributed by atoms with Crippen LogP contribution in [0.5, 0.6) is 0 Å². The Hall–Kier alpha value is -2.39. The van der Waals surface area contributed by atoms with Crippen molar-refractivity contribution in [2.45, 2.75) is 32.9 Å². The summed E-state index contributed by atoms with van der Waals surface area (Å²) in [6.45, 7) is 3.88. The lowest BCUT2D eigenvalue weighted by atomic mass is 10.1. The zero-order valence-corrected chi connectivity index (χ0v) is 20.3. The molecule has 0 spiro atoms. The zero-order valence-electron chi connectivity index (χ0n) is 17.9. The average Bonchev–Trinajstić information content (AvgIpc) is 2.74. The van der Waals surface area contributed by atoms with Crippen molar-refractivity contribution in [3.05, 3.63) is 64.6 Å². The average molecular weight is 510 g/mol. The second-order valence-electron chi connectivity index (χ2n) is 7.22. The molecule has 7 nitrogen and oxygen atoms in total. The molecule has 0 saturated carbocycles. The Morgan fingerprint density at radius 3 is 2.23 bits per heavy atom. The molecule has 31 heavy (non-hydrogen) atoms. The molecule has 2 rings (SSSR count). The van der Waals surface area contributed by atoms with E-state index in [0.29, 0.717) is 12.2 Å². The van der Waals surface area contributed by atoms with Crippen LogP contribution in [0.3, 0.4) is 0 Å². The summed E-state index contributed by atoms with van der Waals surface area (Å²) in [6, 6.07) is 15.1. The van der Waals surface area contributed by atoms with Crippen LogP contribution in [0.15, 0.2) is 59.1 Å². The van der Waals surface area contributed by atoms with Gasteiger partial charge in [-0.1, -0.05) is 53.2 Å². The Kier molecular flexibility index (Phi) is 9.06. The Morgan fingerprint density at radius 2 is 1.68 bits per heavy atom. The van der Waals surface area contributed by atoms with Crippen LogP contribution in [0.4, 0.5) is 5.69 Å². The highest BCUT2D eigenvalue weighted by Gasteiger charge is 2.29. The van der Waals surface area contributed by atoms with Crippen molar-refractivity contribution in [3.8, 4) is 0 Å². The van der Waals surface area contributed by atoms with Gasteiger partial charge in [0, 0.05) is 17.6 Å². The van der Waals surface area contributed by atoms with Gasteiger partial charge in [-0.3, -0.25) is 13.9 Å². The molecule has 0 radical (unpaired) electrons. The number of amides is 2. The van der Waals surface area contributed by atoms with Crippen LogP contribution in [0, 0.1) is 0 Å². The Morgan fingerprint density at radius 1 is 1.06 bits per heavy atom. The molecule has 2 aromatic carbocycles. The largest absolute Gasteiger partial charge is 0.354 e. The highest BCUT2D eigenvalue weighted by molar-refractivity contribution is 9.10. The van der Waals surface area contributed by atoms with E-state index in [1.165, 1.54) is 4.90 Å². The number of nitrogens with one attached hydrogen (secondary N) is 1. The molecule has 0 aliphatic heterocycles. The summed E-state index contributed by atoms with van der Waals surface area (Å²) in [4.78, 5) is 27.3. The Labute approximate surface area is 192 Å². The van der Waals surface area contributed by atoms with Crippen molar-refractivity contribution < 1.29 is 18.0 Å². The van der Waals surface area contributed by atoms with Crippen molar-refractivity contribution >= 4 is 43.5 Å². The molecule has 0 bridgehead atoms. The molecule has 0 aliphatic carbocycles. The molecular weight excluding hydrogens is 482 g/mol. The number of carbonyl (C=O) groups is 2. The van der Waals surface area contributed by atoms with Crippen molar-refractivity contribution in [1.82, 2.24) is 10.2 Å². The molecule has 0 saturated heterocycles. The Bertz CT molecular complexity index is 982. The van der Waals surface area contributed by atoms with E-state index < -0.39 is 28.5 Å². The predicted octanol–water partition coefficient (Wildman–Crippen LogP) is 3.16. The maximum Gasteiger partial charge on any atom is 0.244 e.